The minimum absolute atomic E-state index is 0.385. The van der Waals surface area contributed by atoms with Crippen molar-refractivity contribution in [3.05, 3.63) is 30.5 Å². The Morgan fingerprint density at radius 1 is 1.41 bits per heavy atom. The summed E-state index contributed by atoms with van der Waals surface area (Å²) in [6, 6.07) is 7.71. The first-order valence-electron chi connectivity index (χ1n) is 5.62. The highest BCUT2D eigenvalue weighted by atomic mass is 16.3. The van der Waals surface area contributed by atoms with Gasteiger partial charge in [0.15, 0.2) is 0 Å². The molecule has 1 unspecified atom stereocenters. The van der Waals surface area contributed by atoms with Gasteiger partial charge in [-0.2, -0.15) is 0 Å². The van der Waals surface area contributed by atoms with Crippen molar-refractivity contribution in [1.29, 1.82) is 0 Å². The number of anilines is 2. The summed E-state index contributed by atoms with van der Waals surface area (Å²) < 4.78 is 0. The molecule has 0 spiro atoms. The number of benzene rings is 1. The van der Waals surface area contributed by atoms with Crippen molar-refractivity contribution in [3.63, 3.8) is 0 Å². The molecule has 2 rings (SSSR count). The van der Waals surface area contributed by atoms with E-state index in [1.807, 2.05) is 36.2 Å². The zero-order chi connectivity index (χ0) is 12.4. The van der Waals surface area contributed by atoms with Crippen LogP contribution in [0.3, 0.4) is 0 Å². The number of likely N-dealkylation sites (N-methyl/N-ethyl adjacent to an activating group) is 1. The predicted molar refractivity (Wildman–Crippen MR) is 71.1 cm³/mol. The average molecular weight is 231 g/mol. The van der Waals surface area contributed by atoms with E-state index in [1.54, 1.807) is 13.1 Å². The van der Waals surface area contributed by atoms with Crippen LogP contribution in [0.25, 0.3) is 10.9 Å². The van der Waals surface area contributed by atoms with Crippen molar-refractivity contribution in [2.75, 3.05) is 24.2 Å². The summed E-state index contributed by atoms with van der Waals surface area (Å²) in [5.74, 6) is 0. The standard InChI is InChI=1S/C13H17N3O/c1-9(17)8-16(2)12-6-5-11-10(13(12)14)4-3-7-15-11/h3-7,9,17H,8,14H2,1-2H3. The fourth-order valence-electron chi connectivity index (χ4n) is 1.99. The largest absolute Gasteiger partial charge is 0.396 e. The smallest absolute Gasteiger partial charge is 0.0724 e. The Kier molecular flexibility index (Phi) is 3.15. The number of nitrogen functional groups attached to an aromatic ring is 1. The van der Waals surface area contributed by atoms with Crippen LogP contribution < -0.4 is 10.6 Å². The molecule has 0 saturated heterocycles. The molecule has 0 aliphatic heterocycles. The van der Waals surface area contributed by atoms with E-state index in [0.29, 0.717) is 12.2 Å². The van der Waals surface area contributed by atoms with E-state index < -0.39 is 0 Å². The first-order valence-corrected chi connectivity index (χ1v) is 5.62. The Labute approximate surface area is 101 Å². The lowest BCUT2D eigenvalue weighted by molar-refractivity contribution is 0.201. The van der Waals surface area contributed by atoms with Crippen LogP contribution in [-0.2, 0) is 0 Å². The second-order valence-corrected chi connectivity index (χ2v) is 4.30. The number of hydrogen-bond donors (Lipinski definition) is 2. The van der Waals surface area contributed by atoms with Gasteiger partial charge in [-0.1, -0.05) is 0 Å². The molecule has 0 bridgehead atoms. The van der Waals surface area contributed by atoms with Crippen LogP contribution in [0.5, 0.6) is 0 Å². The molecule has 0 fully saturated rings. The number of rotatable bonds is 3. The number of aliphatic hydroxyl groups excluding tert-OH is 1. The predicted octanol–water partition coefficient (Wildman–Crippen LogP) is 1.63. The first kappa shape index (κ1) is 11.7. The third-order valence-electron chi connectivity index (χ3n) is 2.75. The molecule has 90 valence electrons. The van der Waals surface area contributed by atoms with E-state index in [2.05, 4.69) is 4.98 Å². The van der Waals surface area contributed by atoms with Gasteiger partial charge in [0.25, 0.3) is 0 Å². The Hall–Kier alpha value is -1.81. The number of nitrogens with two attached hydrogens (primary N) is 1. The maximum atomic E-state index is 9.39. The normalized spacial score (nSPS) is 12.6. The molecule has 1 atom stereocenters. The molecular formula is C13H17N3O. The average Bonchev–Trinajstić information content (AvgIpc) is 2.28. The summed E-state index contributed by atoms with van der Waals surface area (Å²) in [5.41, 5.74) is 8.65. The number of pyridine rings is 1. The Balaban J connectivity index is 2.45. The second kappa shape index (κ2) is 4.59. The van der Waals surface area contributed by atoms with Gasteiger partial charge in [-0.25, -0.2) is 0 Å². The number of aliphatic hydroxyl groups is 1. The van der Waals surface area contributed by atoms with Crippen molar-refractivity contribution < 1.29 is 5.11 Å². The van der Waals surface area contributed by atoms with Gasteiger partial charge in [0.05, 0.1) is 23.0 Å². The molecule has 0 radical (unpaired) electrons. The minimum atomic E-state index is -0.385. The quantitative estimate of drug-likeness (QED) is 0.788. The van der Waals surface area contributed by atoms with Crippen molar-refractivity contribution in [2.24, 2.45) is 0 Å². The van der Waals surface area contributed by atoms with Gasteiger partial charge in [-0.05, 0) is 31.2 Å². The van der Waals surface area contributed by atoms with Crippen LogP contribution in [0.15, 0.2) is 30.5 Å². The van der Waals surface area contributed by atoms with Gasteiger partial charge < -0.3 is 15.7 Å². The van der Waals surface area contributed by atoms with Crippen molar-refractivity contribution in [3.8, 4) is 0 Å². The molecule has 0 aliphatic rings. The molecule has 3 N–H and O–H groups in total. The van der Waals surface area contributed by atoms with Crippen LogP contribution in [0.2, 0.25) is 0 Å². The molecular weight excluding hydrogens is 214 g/mol. The monoisotopic (exact) mass is 231 g/mol. The molecule has 4 heteroatoms. The molecule has 17 heavy (non-hydrogen) atoms. The topological polar surface area (TPSA) is 62.4 Å². The van der Waals surface area contributed by atoms with Gasteiger partial charge in [0, 0.05) is 25.2 Å². The van der Waals surface area contributed by atoms with Crippen molar-refractivity contribution in [2.45, 2.75) is 13.0 Å². The summed E-state index contributed by atoms with van der Waals surface area (Å²) in [6.45, 7) is 2.31. The fourth-order valence-corrected chi connectivity index (χ4v) is 1.99. The van der Waals surface area contributed by atoms with E-state index in [0.717, 1.165) is 16.6 Å². The summed E-state index contributed by atoms with van der Waals surface area (Å²) >= 11 is 0. The summed E-state index contributed by atoms with van der Waals surface area (Å²) in [4.78, 5) is 6.21. The summed E-state index contributed by atoms with van der Waals surface area (Å²) in [5, 5.41) is 10.3. The highest BCUT2D eigenvalue weighted by Crippen LogP contribution is 2.29. The maximum absolute atomic E-state index is 9.39. The highest BCUT2D eigenvalue weighted by Gasteiger charge is 2.10. The van der Waals surface area contributed by atoms with Crippen LogP contribution in [0, 0.1) is 0 Å². The number of nitrogens with zero attached hydrogens (tertiary/aromatic N) is 2. The van der Waals surface area contributed by atoms with E-state index in [9.17, 15) is 5.11 Å². The molecule has 1 aromatic carbocycles. The van der Waals surface area contributed by atoms with Crippen LogP contribution >= 0.6 is 0 Å². The van der Waals surface area contributed by atoms with E-state index in [-0.39, 0.29) is 6.10 Å². The van der Waals surface area contributed by atoms with Gasteiger partial charge in [-0.3, -0.25) is 4.98 Å². The number of aromatic nitrogens is 1. The molecule has 1 heterocycles. The zero-order valence-electron chi connectivity index (χ0n) is 10.1. The SMILES string of the molecule is CC(O)CN(C)c1ccc2ncccc2c1N. The third-order valence-corrected chi connectivity index (χ3v) is 2.75. The zero-order valence-corrected chi connectivity index (χ0v) is 10.1. The van der Waals surface area contributed by atoms with Gasteiger partial charge in [0.1, 0.15) is 0 Å². The Morgan fingerprint density at radius 3 is 2.88 bits per heavy atom. The molecule has 1 aromatic heterocycles. The number of fused-ring (bicyclic) bond motifs is 1. The van der Waals surface area contributed by atoms with Gasteiger partial charge in [0.2, 0.25) is 0 Å². The van der Waals surface area contributed by atoms with Crippen LogP contribution in [-0.4, -0.2) is 29.8 Å². The first-order chi connectivity index (χ1) is 8.09. The van der Waals surface area contributed by atoms with Crippen molar-refractivity contribution in [1.82, 2.24) is 4.98 Å². The lowest BCUT2D eigenvalue weighted by Gasteiger charge is -2.23. The molecule has 2 aromatic rings. The molecule has 4 nitrogen and oxygen atoms in total. The fraction of sp³-hybridized carbons (Fsp3) is 0.308. The molecule has 0 aliphatic carbocycles. The van der Waals surface area contributed by atoms with E-state index >= 15 is 0 Å². The van der Waals surface area contributed by atoms with Crippen LogP contribution in [0.1, 0.15) is 6.92 Å². The summed E-state index contributed by atoms with van der Waals surface area (Å²) in [7, 11) is 1.92. The Bertz CT molecular complexity index is 525. The van der Waals surface area contributed by atoms with E-state index in [1.165, 1.54) is 0 Å². The second-order valence-electron chi connectivity index (χ2n) is 4.30. The highest BCUT2D eigenvalue weighted by molar-refractivity contribution is 5.97. The number of hydrogen-bond acceptors (Lipinski definition) is 4. The van der Waals surface area contributed by atoms with Gasteiger partial charge >= 0.3 is 0 Å². The van der Waals surface area contributed by atoms with Gasteiger partial charge in [-0.15, -0.1) is 0 Å². The Morgan fingerprint density at radius 2 is 2.18 bits per heavy atom. The molecule has 0 saturated carbocycles. The summed E-state index contributed by atoms with van der Waals surface area (Å²) in [6.07, 6.45) is 1.37. The maximum Gasteiger partial charge on any atom is 0.0724 e. The minimum Gasteiger partial charge on any atom is -0.396 e. The third kappa shape index (κ3) is 2.31. The lowest BCUT2D eigenvalue weighted by Crippen LogP contribution is -2.27. The van der Waals surface area contributed by atoms with E-state index in [4.69, 9.17) is 5.73 Å². The molecule has 0 amide bonds. The van der Waals surface area contributed by atoms with Crippen LogP contribution in [0.4, 0.5) is 11.4 Å². The van der Waals surface area contributed by atoms with Crippen molar-refractivity contribution >= 4 is 22.3 Å². The lowest BCUT2D eigenvalue weighted by atomic mass is 10.1.